The molecule has 6 heteroatoms. The largest absolute Gasteiger partial charge is 0.341 e. The number of thiophene rings is 1. The predicted molar refractivity (Wildman–Crippen MR) is 107 cm³/mol. The molecule has 144 valence electrons. The first kappa shape index (κ1) is 19.7. The molecule has 1 aliphatic rings. The third-order valence-electron chi connectivity index (χ3n) is 5.19. The van der Waals surface area contributed by atoms with E-state index in [4.69, 9.17) is 0 Å². The lowest BCUT2D eigenvalue weighted by atomic mass is 10.0. The van der Waals surface area contributed by atoms with Crippen LogP contribution in [0, 0.1) is 0 Å². The molecule has 5 nitrogen and oxygen atoms in total. The molecule has 3 rings (SSSR count). The molecule has 1 fully saturated rings. The number of benzene rings is 1. The Morgan fingerprint density at radius 3 is 2.37 bits per heavy atom. The lowest BCUT2D eigenvalue weighted by molar-refractivity contribution is -1.01. The maximum absolute atomic E-state index is 12.5. The molecule has 1 amide bonds. The van der Waals surface area contributed by atoms with E-state index < -0.39 is 6.04 Å². The molecule has 0 spiro atoms. The van der Waals surface area contributed by atoms with Gasteiger partial charge in [-0.25, -0.2) is 0 Å². The van der Waals surface area contributed by atoms with Gasteiger partial charge in [0.2, 0.25) is 0 Å². The first-order valence-electron chi connectivity index (χ1n) is 9.63. The summed E-state index contributed by atoms with van der Waals surface area (Å²) in [6.07, 6.45) is 0.552. The summed E-state index contributed by atoms with van der Waals surface area (Å²) >= 11 is 1.81. The Morgan fingerprint density at radius 2 is 1.74 bits per heavy atom. The molecule has 2 heterocycles. The predicted octanol–water partition coefficient (Wildman–Crippen LogP) is -0.652. The molecule has 0 saturated carbocycles. The van der Waals surface area contributed by atoms with Crippen molar-refractivity contribution in [1.29, 1.82) is 0 Å². The highest BCUT2D eigenvalue weighted by Gasteiger charge is 2.26. The summed E-state index contributed by atoms with van der Waals surface area (Å²) in [6, 6.07) is 13.7. The molecule has 1 aromatic carbocycles. The SMILES string of the molecule is CC(=O)[C@H](Cc1ccccc1)NC(=O)C[NH+]1CC[NH+](Cc2cccs2)CC1. The number of hydrogen-bond acceptors (Lipinski definition) is 3. The number of Topliss-reactive ketones (excluding diaryl/α,β-unsaturated/α-hetero) is 1. The molecular weight excluding hydrogens is 358 g/mol. The van der Waals surface area contributed by atoms with Crippen LogP contribution >= 0.6 is 11.3 Å². The zero-order valence-corrected chi connectivity index (χ0v) is 16.7. The second-order valence-electron chi connectivity index (χ2n) is 7.35. The van der Waals surface area contributed by atoms with E-state index in [0.717, 1.165) is 38.3 Å². The van der Waals surface area contributed by atoms with Gasteiger partial charge in [-0.05, 0) is 30.4 Å². The zero-order chi connectivity index (χ0) is 19.1. The van der Waals surface area contributed by atoms with Crippen LogP contribution in [0.15, 0.2) is 47.8 Å². The molecule has 2 aromatic rings. The van der Waals surface area contributed by atoms with Crippen LogP contribution in [0.1, 0.15) is 17.4 Å². The molecule has 1 aromatic heterocycles. The minimum Gasteiger partial charge on any atom is -0.341 e. The third kappa shape index (κ3) is 6.27. The number of nitrogens with one attached hydrogen (secondary N) is 3. The van der Waals surface area contributed by atoms with Gasteiger partial charge in [0.05, 0.1) is 10.9 Å². The smallest absolute Gasteiger partial charge is 0.275 e. The summed E-state index contributed by atoms with van der Waals surface area (Å²) < 4.78 is 0. The van der Waals surface area contributed by atoms with Crippen LogP contribution in [0.4, 0.5) is 0 Å². The quantitative estimate of drug-likeness (QED) is 0.564. The average Bonchev–Trinajstić information content (AvgIpc) is 3.16. The fourth-order valence-electron chi connectivity index (χ4n) is 3.59. The summed E-state index contributed by atoms with van der Waals surface area (Å²) in [5.74, 6) is -0.0183. The number of hydrogen-bond donors (Lipinski definition) is 3. The third-order valence-corrected chi connectivity index (χ3v) is 6.06. The van der Waals surface area contributed by atoms with Gasteiger partial charge >= 0.3 is 0 Å². The van der Waals surface area contributed by atoms with Crippen LogP contribution in [-0.4, -0.2) is 50.5 Å². The van der Waals surface area contributed by atoms with Crippen LogP contribution in [0.3, 0.4) is 0 Å². The van der Waals surface area contributed by atoms with Crippen LogP contribution in [0.25, 0.3) is 0 Å². The Bertz CT molecular complexity index is 725. The Kier molecular flexibility index (Phi) is 7.15. The molecule has 27 heavy (non-hydrogen) atoms. The highest BCUT2D eigenvalue weighted by molar-refractivity contribution is 7.09. The van der Waals surface area contributed by atoms with Crippen molar-refractivity contribution >= 4 is 23.0 Å². The maximum Gasteiger partial charge on any atom is 0.275 e. The zero-order valence-electron chi connectivity index (χ0n) is 15.9. The van der Waals surface area contributed by atoms with Crippen molar-refractivity contribution in [3.8, 4) is 0 Å². The number of rotatable bonds is 8. The molecule has 0 radical (unpaired) electrons. The highest BCUT2D eigenvalue weighted by atomic mass is 32.1. The van der Waals surface area contributed by atoms with Gasteiger partial charge in [0.25, 0.3) is 5.91 Å². The Balaban J connectivity index is 1.43. The molecule has 1 aliphatic heterocycles. The fourth-order valence-corrected chi connectivity index (χ4v) is 4.37. The monoisotopic (exact) mass is 387 g/mol. The summed E-state index contributed by atoms with van der Waals surface area (Å²) in [4.78, 5) is 28.7. The Labute approximate surface area is 165 Å². The van der Waals surface area contributed by atoms with Gasteiger partial charge < -0.3 is 15.1 Å². The van der Waals surface area contributed by atoms with E-state index in [1.807, 2.05) is 41.7 Å². The van der Waals surface area contributed by atoms with Crippen molar-refractivity contribution in [3.05, 3.63) is 58.3 Å². The summed E-state index contributed by atoms with van der Waals surface area (Å²) in [5.41, 5.74) is 1.07. The standard InChI is InChI=1S/C21H27N3O2S/c1-17(25)20(14-18-6-3-2-4-7-18)22-21(26)16-24-11-9-23(10-12-24)15-19-8-5-13-27-19/h2-8,13,20H,9-12,14-16H2,1H3,(H,22,26)/p+2/t20-/m0/s1. The van der Waals surface area contributed by atoms with Crippen molar-refractivity contribution in [3.63, 3.8) is 0 Å². The van der Waals surface area contributed by atoms with Gasteiger partial charge in [0, 0.05) is 0 Å². The van der Waals surface area contributed by atoms with E-state index in [1.54, 1.807) is 11.8 Å². The topological polar surface area (TPSA) is 55.0 Å². The summed E-state index contributed by atoms with van der Waals surface area (Å²) in [6.45, 7) is 7.25. The van der Waals surface area contributed by atoms with Crippen molar-refractivity contribution < 1.29 is 19.4 Å². The van der Waals surface area contributed by atoms with Gasteiger partial charge in [-0.2, -0.15) is 0 Å². The molecule has 1 saturated heterocycles. The van der Waals surface area contributed by atoms with E-state index >= 15 is 0 Å². The summed E-state index contributed by atoms with van der Waals surface area (Å²) in [5, 5.41) is 5.07. The molecule has 1 atom stereocenters. The van der Waals surface area contributed by atoms with Crippen LogP contribution in [-0.2, 0) is 22.6 Å². The van der Waals surface area contributed by atoms with E-state index in [-0.39, 0.29) is 11.7 Å². The average molecular weight is 388 g/mol. The number of quaternary nitrogens is 2. The van der Waals surface area contributed by atoms with Crippen LogP contribution in [0.5, 0.6) is 0 Å². The highest BCUT2D eigenvalue weighted by Crippen LogP contribution is 2.06. The van der Waals surface area contributed by atoms with Crippen LogP contribution < -0.4 is 15.1 Å². The van der Waals surface area contributed by atoms with Crippen molar-refractivity contribution in [2.75, 3.05) is 32.7 Å². The van der Waals surface area contributed by atoms with E-state index in [0.29, 0.717) is 13.0 Å². The number of carbonyl (C=O) groups is 2. The second kappa shape index (κ2) is 9.78. The summed E-state index contributed by atoms with van der Waals surface area (Å²) in [7, 11) is 0. The lowest BCUT2D eigenvalue weighted by Crippen LogP contribution is -3.28. The van der Waals surface area contributed by atoms with Gasteiger partial charge in [0.15, 0.2) is 12.3 Å². The minimum absolute atomic E-state index is 0.00687. The Hall–Kier alpha value is -2.02. The lowest BCUT2D eigenvalue weighted by Gasteiger charge is -2.29. The van der Waals surface area contributed by atoms with E-state index in [9.17, 15) is 9.59 Å². The first-order valence-corrected chi connectivity index (χ1v) is 10.5. The van der Waals surface area contributed by atoms with E-state index in [2.05, 4.69) is 22.8 Å². The van der Waals surface area contributed by atoms with Gasteiger partial charge in [-0.15, -0.1) is 11.3 Å². The Morgan fingerprint density at radius 1 is 1.04 bits per heavy atom. The van der Waals surface area contributed by atoms with Gasteiger partial charge in [0.1, 0.15) is 32.7 Å². The van der Waals surface area contributed by atoms with Gasteiger partial charge in [-0.3, -0.25) is 9.59 Å². The number of piperazine rings is 1. The van der Waals surface area contributed by atoms with E-state index in [1.165, 1.54) is 9.78 Å². The maximum atomic E-state index is 12.5. The molecular formula is C21H29N3O2S+2. The van der Waals surface area contributed by atoms with Crippen molar-refractivity contribution in [2.24, 2.45) is 0 Å². The molecule has 0 aliphatic carbocycles. The number of amides is 1. The van der Waals surface area contributed by atoms with Crippen molar-refractivity contribution in [1.82, 2.24) is 5.32 Å². The van der Waals surface area contributed by atoms with Crippen LogP contribution in [0.2, 0.25) is 0 Å². The second-order valence-corrected chi connectivity index (χ2v) is 8.39. The normalized spacial score (nSPS) is 20.8. The molecule has 0 bridgehead atoms. The van der Waals surface area contributed by atoms with Crippen molar-refractivity contribution in [2.45, 2.75) is 25.9 Å². The fraction of sp³-hybridized carbons (Fsp3) is 0.429. The van der Waals surface area contributed by atoms with Gasteiger partial charge in [-0.1, -0.05) is 36.4 Å². The molecule has 0 unspecified atom stereocenters. The number of ketones is 1. The minimum atomic E-state index is -0.440. The molecule has 3 N–H and O–H groups in total. The number of carbonyl (C=O) groups excluding carboxylic acids is 2. The first-order chi connectivity index (χ1) is 13.1.